The summed E-state index contributed by atoms with van der Waals surface area (Å²) < 4.78 is 16.4. The van der Waals surface area contributed by atoms with Crippen molar-refractivity contribution in [1.29, 1.82) is 0 Å². The zero-order valence-electron chi connectivity index (χ0n) is 15.2. The van der Waals surface area contributed by atoms with Crippen molar-refractivity contribution in [2.24, 2.45) is 0 Å². The van der Waals surface area contributed by atoms with Gasteiger partial charge in [-0.2, -0.15) is 0 Å². The lowest BCUT2D eigenvalue weighted by atomic mass is 10.0. The van der Waals surface area contributed by atoms with E-state index >= 15 is 0 Å². The van der Waals surface area contributed by atoms with Gasteiger partial charge in [0.1, 0.15) is 0 Å². The van der Waals surface area contributed by atoms with E-state index in [0.29, 0.717) is 26.2 Å². The molecule has 2 aliphatic heterocycles. The highest BCUT2D eigenvalue weighted by Crippen LogP contribution is 2.35. The second kappa shape index (κ2) is 8.41. The minimum atomic E-state index is 0.0280. The molecule has 6 heteroatoms. The van der Waals surface area contributed by atoms with Crippen molar-refractivity contribution in [1.82, 2.24) is 10.2 Å². The van der Waals surface area contributed by atoms with E-state index < -0.39 is 0 Å². The first-order valence-corrected chi connectivity index (χ1v) is 9.31. The molecule has 2 aromatic carbocycles. The highest BCUT2D eigenvalue weighted by Gasteiger charge is 2.25. The Labute approximate surface area is 159 Å². The van der Waals surface area contributed by atoms with Crippen molar-refractivity contribution >= 4 is 5.91 Å². The van der Waals surface area contributed by atoms with Crippen molar-refractivity contribution in [3.8, 4) is 11.5 Å². The zero-order chi connectivity index (χ0) is 18.5. The summed E-state index contributed by atoms with van der Waals surface area (Å²) in [6.45, 7) is 3.90. The van der Waals surface area contributed by atoms with Crippen LogP contribution in [0, 0.1) is 0 Å². The summed E-state index contributed by atoms with van der Waals surface area (Å²) in [5.74, 6) is 1.56. The van der Waals surface area contributed by atoms with E-state index in [0.717, 1.165) is 35.7 Å². The number of carbonyl (C=O) groups is 1. The largest absolute Gasteiger partial charge is 0.454 e. The molecule has 2 heterocycles. The summed E-state index contributed by atoms with van der Waals surface area (Å²) in [6, 6.07) is 15.9. The minimum Gasteiger partial charge on any atom is -0.454 e. The lowest BCUT2D eigenvalue weighted by Gasteiger charge is -2.35. The molecular formula is C21H24N2O4. The quantitative estimate of drug-likeness (QED) is 0.847. The molecule has 27 heavy (non-hydrogen) atoms. The number of fused-ring (bicyclic) bond motifs is 1. The van der Waals surface area contributed by atoms with Crippen LogP contribution in [0.5, 0.6) is 11.5 Å². The summed E-state index contributed by atoms with van der Waals surface area (Å²) in [4.78, 5) is 14.8. The van der Waals surface area contributed by atoms with Gasteiger partial charge in [0, 0.05) is 19.6 Å². The predicted octanol–water partition coefficient (Wildman–Crippen LogP) is 2.15. The van der Waals surface area contributed by atoms with Gasteiger partial charge in [-0.1, -0.05) is 36.4 Å². The fourth-order valence-electron chi connectivity index (χ4n) is 3.52. The van der Waals surface area contributed by atoms with Crippen LogP contribution in [0.1, 0.15) is 17.2 Å². The maximum absolute atomic E-state index is 12.4. The Kier molecular flexibility index (Phi) is 5.55. The molecular weight excluding hydrogens is 344 g/mol. The number of nitrogens with one attached hydrogen (secondary N) is 1. The lowest BCUT2D eigenvalue weighted by molar-refractivity contribution is -0.120. The van der Waals surface area contributed by atoms with Crippen LogP contribution in [0.2, 0.25) is 0 Å². The van der Waals surface area contributed by atoms with Crippen molar-refractivity contribution in [2.75, 3.05) is 39.6 Å². The van der Waals surface area contributed by atoms with Crippen LogP contribution in [0.3, 0.4) is 0 Å². The summed E-state index contributed by atoms with van der Waals surface area (Å²) in [7, 11) is 0. The van der Waals surface area contributed by atoms with Gasteiger partial charge in [0.05, 0.1) is 25.7 Å². The number of nitrogens with zero attached hydrogens (tertiary/aromatic N) is 1. The van der Waals surface area contributed by atoms with Crippen LogP contribution in [0.15, 0.2) is 48.5 Å². The molecule has 2 aromatic rings. The molecule has 0 saturated carbocycles. The predicted molar refractivity (Wildman–Crippen MR) is 101 cm³/mol. The third-order valence-corrected chi connectivity index (χ3v) is 4.97. The molecule has 1 saturated heterocycles. The lowest BCUT2D eigenvalue weighted by Crippen LogP contribution is -2.44. The van der Waals surface area contributed by atoms with E-state index in [-0.39, 0.29) is 18.7 Å². The Morgan fingerprint density at radius 1 is 1.04 bits per heavy atom. The molecule has 1 atom stereocenters. The Balaban J connectivity index is 1.45. The molecule has 0 aromatic heterocycles. The van der Waals surface area contributed by atoms with Gasteiger partial charge in [-0.05, 0) is 23.3 Å². The molecule has 0 unspecified atom stereocenters. The number of benzene rings is 2. The van der Waals surface area contributed by atoms with Crippen molar-refractivity contribution < 1.29 is 19.0 Å². The third-order valence-electron chi connectivity index (χ3n) is 4.97. The first-order chi connectivity index (χ1) is 13.3. The topological polar surface area (TPSA) is 60.0 Å². The fourth-order valence-corrected chi connectivity index (χ4v) is 3.52. The monoisotopic (exact) mass is 368 g/mol. The molecule has 0 bridgehead atoms. The average molecular weight is 368 g/mol. The number of morpholine rings is 1. The van der Waals surface area contributed by atoms with Crippen LogP contribution in [0.4, 0.5) is 0 Å². The zero-order valence-corrected chi connectivity index (χ0v) is 15.2. The van der Waals surface area contributed by atoms with E-state index in [1.165, 1.54) is 0 Å². The Hall–Kier alpha value is -2.57. The SMILES string of the molecule is O=C(Cc1ccccc1)NC[C@H](c1ccc2c(c1)OCO2)N1CCOCC1. The molecule has 2 aliphatic rings. The summed E-state index contributed by atoms with van der Waals surface area (Å²) in [5.41, 5.74) is 2.13. The maximum atomic E-state index is 12.4. The van der Waals surface area contributed by atoms with E-state index in [2.05, 4.69) is 16.3 Å². The number of ether oxygens (including phenoxy) is 3. The maximum Gasteiger partial charge on any atom is 0.231 e. The summed E-state index contributed by atoms with van der Waals surface area (Å²) >= 11 is 0. The van der Waals surface area contributed by atoms with Gasteiger partial charge in [-0.15, -0.1) is 0 Å². The van der Waals surface area contributed by atoms with E-state index in [4.69, 9.17) is 14.2 Å². The average Bonchev–Trinajstić information content (AvgIpc) is 3.18. The first-order valence-electron chi connectivity index (χ1n) is 9.31. The van der Waals surface area contributed by atoms with E-state index in [1.54, 1.807) is 0 Å². The van der Waals surface area contributed by atoms with Crippen LogP contribution >= 0.6 is 0 Å². The van der Waals surface area contributed by atoms with Gasteiger partial charge >= 0.3 is 0 Å². The molecule has 142 valence electrons. The molecule has 1 amide bonds. The van der Waals surface area contributed by atoms with Crippen LogP contribution in [-0.2, 0) is 16.0 Å². The van der Waals surface area contributed by atoms with Gasteiger partial charge in [-0.25, -0.2) is 0 Å². The number of hydrogen-bond donors (Lipinski definition) is 1. The van der Waals surface area contributed by atoms with Crippen molar-refractivity contribution in [3.05, 3.63) is 59.7 Å². The van der Waals surface area contributed by atoms with Gasteiger partial charge in [-0.3, -0.25) is 9.69 Å². The normalized spacial score (nSPS) is 17.5. The highest BCUT2D eigenvalue weighted by atomic mass is 16.7. The van der Waals surface area contributed by atoms with Crippen LogP contribution in [0.25, 0.3) is 0 Å². The molecule has 1 N–H and O–H groups in total. The Morgan fingerprint density at radius 2 is 1.81 bits per heavy atom. The molecule has 0 radical (unpaired) electrons. The van der Waals surface area contributed by atoms with Crippen molar-refractivity contribution in [2.45, 2.75) is 12.5 Å². The van der Waals surface area contributed by atoms with E-state index in [1.807, 2.05) is 42.5 Å². The van der Waals surface area contributed by atoms with Crippen LogP contribution in [-0.4, -0.2) is 50.4 Å². The fraction of sp³-hybridized carbons (Fsp3) is 0.381. The summed E-state index contributed by atoms with van der Waals surface area (Å²) in [6.07, 6.45) is 0.387. The molecule has 4 rings (SSSR count). The molecule has 0 aliphatic carbocycles. The minimum absolute atomic E-state index is 0.0280. The van der Waals surface area contributed by atoms with Crippen LogP contribution < -0.4 is 14.8 Å². The second-order valence-corrected chi connectivity index (χ2v) is 6.74. The highest BCUT2D eigenvalue weighted by molar-refractivity contribution is 5.78. The summed E-state index contributed by atoms with van der Waals surface area (Å²) in [5, 5.41) is 3.10. The van der Waals surface area contributed by atoms with Crippen molar-refractivity contribution in [3.63, 3.8) is 0 Å². The number of carbonyl (C=O) groups excluding carboxylic acids is 1. The number of amides is 1. The van der Waals surface area contributed by atoms with E-state index in [9.17, 15) is 4.79 Å². The molecule has 1 fully saturated rings. The number of hydrogen-bond acceptors (Lipinski definition) is 5. The first kappa shape index (κ1) is 17.8. The number of rotatable bonds is 6. The molecule has 6 nitrogen and oxygen atoms in total. The van der Waals surface area contributed by atoms with Gasteiger partial charge < -0.3 is 19.5 Å². The Morgan fingerprint density at radius 3 is 2.63 bits per heavy atom. The third kappa shape index (κ3) is 4.40. The Bertz CT molecular complexity index is 775. The molecule has 0 spiro atoms. The second-order valence-electron chi connectivity index (χ2n) is 6.74. The smallest absolute Gasteiger partial charge is 0.231 e. The van der Waals surface area contributed by atoms with Gasteiger partial charge in [0.25, 0.3) is 0 Å². The van der Waals surface area contributed by atoms with Gasteiger partial charge in [0.2, 0.25) is 12.7 Å². The van der Waals surface area contributed by atoms with Gasteiger partial charge in [0.15, 0.2) is 11.5 Å². The standard InChI is InChI=1S/C21H24N2O4/c24-21(12-16-4-2-1-3-5-16)22-14-18(23-8-10-25-11-9-23)17-6-7-19-20(13-17)27-15-26-19/h1-7,13,18H,8-12,14-15H2,(H,22,24)/t18-/m1/s1.